The normalized spacial score (nSPS) is 12.4. The summed E-state index contributed by atoms with van der Waals surface area (Å²) in [6, 6.07) is 9.63. The van der Waals surface area contributed by atoms with E-state index in [4.69, 9.17) is 0 Å². The fourth-order valence-corrected chi connectivity index (χ4v) is 6.20. The molecule has 0 unspecified atom stereocenters. The van der Waals surface area contributed by atoms with Gasteiger partial charge in [0, 0.05) is 32.7 Å². The average Bonchev–Trinajstić information content (AvgIpc) is 3.61. The number of halogens is 10. The van der Waals surface area contributed by atoms with E-state index in [-0.39, 0.29) is 43.0 Å². The summed E-state index contributed by atoms with van der Waals surface area (Å²) in [6.45, 7) is 0. The minimum Gasteiger partial charge on any atom is -0.288 e. The summed E-state index contributed by atoms with van der Waals surface area (Å²) in [7, 11) is 0. The van der Waals surface area contributed by atoms with E-state index in [1.165, 1.54) is 24.3 Å². The molecule has 6 nitrogen and oxygen atoms in total. The third-order valence-corrected chi connectivity index (χ3v) is 8.52. The quantitative estimate of drug-likeness (QED) is 0.0609. The van der Waals surface area contributed by atoms with E-state index < -0.39 is 92.0 Å². The Morgan fingerprint density at radius 1 is 0.404 bits per heavy atom. The van der Waals surface area contributed by atoms with Crippen molar-refractivity contribution in [1.82, 2.24) is 0 Å². The molecule has 0 atom stereocenters. The van der Waals surface area contributed by atoms with E-state index in [1.54, 1.807) is 12.4 Å². The van der Waals surface area contributed by atoms with Crippen molar-refractivity contribution < 1.29 is 53.5 Å². The molecule has 7 rings (SSSR count). The van der Waals surface area contributed by atoms with Crippen LogP contribution in [0.4, 0.5) is 43.9 Å². The molecule has 0 aliphatic rings. The van der Waals surface area contributed by atoms with Crippen LogP contribution in [0, 0.1) is 81.1 Å². The standard InChI is InChI=1S/C36H8F10N4O2/c37-23-21(24(38)28(42)31(45)27(23)41)35(51)11-1-3-13-15-7-16-14-4-2-12(36(52)22-25(39)29(43)32(46)30(44)26(22)40)6-18(14)34(50-10-48)20(16)8-19(15)33(49-9-47)17(13)5-11/h1-8H. The molecule has 0 fully saturated rings. The van der Waals surface area contributed by atoms with Crippen LogP contribution in [-0.4, -0.2) is 11.6 Å². The molecule has 0 saturated carbocycles. The van der Waals surface area contributed by atoms with Gasteiger partial charge < -0.3 is 0 Å². The lowest BCUT2D eigenvalue weighted by Gasteiger charge is -2.08. The molecule has 0 aromatic heterocycles. The molecule has 254 valence electrons. The van der Waals surface area contributed by atoms with Gasteiger partial charge in [0.2, 0.25) is 24.0 Å². The van der Waals surface area contributed by atoms with Gasteiger partial charge in [0.05, 0.1) is 10.7 Å². The van der Waals surface area contributed by atoms with Crippen molar-refractivity contribution in [1.29, 1.82) is 10.5 Å². The van der Waals surface area contributed by atoms with Crippen LogP contribution in [0.2, 0.25) is 0 Å². The van der Waals surface area contributed by atoms with E-state index in [0.717, 1.165) is 24.3 Å². The summed E-state index contributed by atoms with van der Waals surface area (Å²) in [5.74, 6) is -26.8. The summed E-state index contributed by atoms with van der Waals surface area (Å²) in [5.41, 5.74) is -4.49. The molecule has 0 amide bonds. The van der Waals surface area contributed by atoms with Crippen molar-refractivity contribution in [2.75, 3.05) is 0 Å². The summed E-state index contributed by atoms with van der Waals surface area (Å²) in [6.07, 6.45) is 3.14. The predicted octanol–water partition coefficient (Wildman–Crippen LogP) is 7.79. The zero-order chi connectivity index (χ0) is 37.5. The largest absolute Gasteiger partial charge is 0.288 e. The molecule has 52 heavy (non-hydrogen) atoms. The number of fused-ring (bicyclic) bond motifs is 6. The van der Waals surface area contributed by atoms with Gasteiger partial charge in [0.15, 0.2) is 58.1 Å². The maximum atomic E-state index is 14.5. The van der Waals surface area contributed by atoms with Crippen molar-refractivity contribution in [3.8, 4) is 12.4 Å². The molecular formula is C36H8F10N4O2. The number of carbonyl (C=O) groups excluding carboxylic acids is 2. The van der Waals surface area contributed by atoms with Crippen molar-refractivity contribution in [3.63, 3.8) is 0 Å². The highest BCUT2D eigenvalue weighted by molar-refractivity contribution is 6.23. The Kier molecular flexibility index (Phi) is 7.64. The first-order valence-corrected chi connectivity index (χ1v) is 14.3. The Morgan fingerprint density at radius 2 is 0.692 bits per heavy atom. The van der Waals surface area contributed by atoms with Gasteiger partial charge in [-0.05, 0) is 45.8 Å². The second-order valence-corrected chi connectivity index (χ2v) is 11.1. The van der Waals surface area contributed by atoms with Crippen molar-refractivity contribution in [2.24, 2.45) is 9.98 Å². The lowest BCUT2D eigenvalue weighted by Crippen LogP contribution is -2.14. The minimum absolute atomic E-state index is 0.0395. The molecule has 0 radical (unpaired) electrons. The number of benzene rings is 5. The molecule has 0 bridgehead atoms. The molecule has 0 spiro atoms. The van der Waals surface area contributed by atoms with Crippen molar-refractivity contribution in [2.45, 2.75) is 0 Å². The third-order valence-electron chi connectivity index (χ3n) is 8.52. The van der Waals surface area contributed by atoms with Crippen molar-refractivity contribution >= 4 is 54.7 Å². The molecule has 0 saturated heterocycles. The summed E-state index contributed by atoms with van der Waals surface area (Å²) < 4.78 is 141. The number of hydrogen-bond donors (Lipinski definition) is 0. The fraction of sp³-hybridized carbons (Fsp3) is 0. The highest BCUT2D eigenvalue weighted by Gasteiger charge is 2.32. The Hall–Kier alpha value is -6.94. The Labute approximate surface area is 280 Å². The zero-order valence-corrected chi connectivity index (χ0v) is 25.0. The molecule has 0 N–H and O–H groups in total. The molecular weight excluding hydrogens is 710 g/mol. The average molecular weight is 718 g/mol. The van der Waals surface area contributed by atoms with Gasteiger partial charge in [-0.3, -0.25) is 9.59 Å². The lowest BCUT2D eigenvalue weighted by molar-refractivity contribution is 0.102. The molecule has 0 aliphatic carbocycles. The van der Waals surface area contributed by atoms with Crippen LogP contribution < -0.4 is 10.7 Å². The van der Waals surface area contributed by atoms with Crippen LogP contribution in [-0.2, 0) is 0 Å². The van der Waals surface area contributed by atoms with E-state index in [2.05, 4.69) is 9.98 Å². The van der Waals surface area contributed by atoms with Gasteiger partial charge >= 0.3 is 0 Å². The Morgan fingerprint density at radius 3 is 1.02 bits per heavy atom. The number of hydrogen-bond acceptors (Lipinski definition) is 6. The molecule has 7 aromatic carbocycles. The minimum atomic E-state index is -2.46. The van der Waals surface area contributed by atoms with E-state index in [9.17, 15) is 64.0 Å². The van der Waals surface area contributed by atoms with Gasteiger partial charge in [-0.1, -0.05) is 24.3 Å². The molecule has 0 heterocycles. The molecule has 7 aromatic rings. The second-order valence-electron chi connectivity index (χ2n) is 11.1. The monoisotopic (exact) mass is 718 g/mol. The number of carbonyl (C=O) groups is 2. The van der Waals surface area contributed by atoms with Crippen LogP contribution >= 0.6 is 0 Å². The molecule has 0 aliphatic heterocycles. The highest BCUT2D eigenvalue weighted by atomic mass is 19.2. The number of nitrogens with zero attached hydrogens (tertiary/aromatic N) is 4. The van der Waals surface area contributed by atoms with Crippen LogP contribution in [0.1, 0.15) is 31.8 Å². The van der Waals surface area contributed by atoms with Crippen LogP contribution in [0.5, 0.6) is 0 Å². The topological polar surface area (TPSA) is 106 Å². The van der Waals surface area contributed by atoms with Crippen LogP contribution in [0.15, 0.2) is 58.5 Å². The lowest BCUT2D eigenvalue weighted by atomic mass is 9.99. The second kappa shape index (κ2) is 11.8. The van der Waals surface area contributed by atoms with Crippen LogP contribution in [0.3, 0.4) is 0 Å². The van der Waals surface area contributed by atoms with E-state index in [0.29, 0.717) is 10.8 Å². The fourth-order valence-electron chi connectivity index (χ4n) is 6.20. The number of ketones is 2. The van der Waals surface area contributed by atoms with Gasteiger partial charge in [-0.25, -0.2) is 43.9 Å². The SMILES string of the molecule is N#CN=c1c2cc(C(=O)c3c(F)c(F)c(F)c(F)c3F)ccc2c2cc3c(cc12)c(=NC#N)c1cc(C(=O)c2c(F)c(F)c(F)c(F)c2F)ccc13. The first-order valence-electron chi connectivity index (χ1n) is 14.3. The Balaban J connectivity index is 1.46. The van der Waals surface area contributed by atoms with Gasteiger partial charge in [0.25, 0.3) is 0 Å². The first-order chi connectivity index (χ1) is 24.7. The molecule has 16 heteroatoms. The van der Waals surface area contributed by atoms with Gasteiger partial charge in [-0.15, -0.1) is 0 Å². The Bertz CT molecular complexity index is 2780. The highest BCUT2D eigenvalue weighted by Crippen LogP contribution is 2.35. The van der Waals surface area contributed by atoms with E-state index >= 15 is 0 Å². The number of rotatable bonds is 4. The van der Waals surface area contributed by atoms with Crippen molar-refractivity contribution in [3.05, 3.63) is 140 Å². The third kappa shape index (κ3) is 4.57. The predicted molar refractivity (Wildman–Crippen MR) is 161 cm³/mol. The zero-order valence-electron chi connectivity index (χ0n) is 25.0. The smallest absolute Gasteiger partial charge is 0.206 e. The summed E-state index contributed by atoms with van der Waals surface area (Å²) >= 11 is 0. The number of nitriles is 2. The van der Waals surface area contributed by atoms with Gasteiger partial charge in [-0.2, -0.15) is 20.5 Å². The summed E-state index contributed by atoms with van der Waals surface area (Å²) in [4.78, 5) is 33.8. The first kappa shape index (κ1) is 33.6. The maximum Gasteiger partial charge on any atom is 0.206 e. The van der Waals surface area contributed by atoms with Crippen LogP contribution in [0.25, 0.3) is 43.1 Å². The van der Waals surface area contributed by atoms with E-state index in [1.807, 2.05) is 0 Å². The maximum absolute atomic E-state index is 14.5. The van der Waals surface area contributed by atoms with Gasteiger partial charge in [0.1, 0.15) is 11.1 Å². The summed E-state index contributed by atoms with van der Waals surface area (Å²) in [5, 5.41) is 20.4.